The Morgan fingerprint density at radius 1 is 1.38 bits per heavy atom. The van der Waals surface area contributed by atoms with E-state index in [-0.39, 0.29) is 12.0 Å². The van der Waals surface area contributed by atoms with Crippen LogP contribution in [0.4, 0.5) is 0 Å². The Labute approximate surface area is 128 Å². The number of ether oxygens (including phenoxy) is 1. The van der Waals surface area contributed by atoms with E-state index in [1.807, 2.05) is 0 Å². The number of methoxy groups -OCH3 is 1. The first-order valence-corrected chi connectivity index (χ1v) is 7.90. The van der Waals surface area contributed by atoms with Crippen LogP contribution in [0.5, 0.6) is 0 Å². The van der Waals surface area contributed by atoms with Crippen LogP contribution in [-0.2, 0) is 9.53 Å². The van der Waals surface area contributed by atoms with E-state index < -0.39 is 0 Å². The Morgan fingerprint density at radius 3 is 2.67 bits per heavy atom. The van der Waals surface area contributed by atoms with E-state index >= 15 is 0 Å². The zero-order chi connectivity index (χ0) is 15.4. The van der Waals surface area contributed by atoms with Gasteiger partial charge < -0.3 is 10.1 Å². The second-order valence-electron chi connectivity index (χ2n) is 6.65. The lowest BCUT2D eigenvalue weighted by molar-refractivity contribution is -0.144. The molecule has 21 heavy (non-hydrogen) atoms. The summed E-state index contributed by atoms with van der Waals surface area (Å²) < 4.78 is 4.91. The largest absolute Gasteiger partial charge is 0.468 e. The van der Waals surface area contributed by atoms with Gasteiger partial charge in [0.25, 0.3) is 0 Å². The quantitative estimate of drug-likeness (QED) is 0.816. The van der Waals surface area contributed by atoms with E-state index in [2.05, 4.69) is 50.4 Å². The third kappa shape index (κ3) is 4.31. The van der Waals surface area contributed by atoms with Crippen LogP contribution in [0.3, 0.4) is 0 Å². The van der Waals surface area contributed by atoms with Crippen LogP contribution in [0.25, 0.3) is 0 Å². The number of carbonyl (C=O) groups is 1. The van der Waals surface area contributed by atoms with Gasteiger partial charge in [-0.05, 0) is 43.6 Å². The van der Waals surface area contributed by atoms with E-state index in [1.54, 1.807) is 0 Å². The number of benzene rings is 1. The fraction of sp³-hybridized carbons (Fsp3) is 0.611. The van der Waals surface area contributed by atoms with Crippen LogP contribution in [0, 0.1) is 12.8 Å². The number of rotatable bonds is 6. The van der Waals surface area contributed by atoms with Crippen LogP contribution < -0.4 is 5.32 Å². The van der Waals surface area contributed by atoms with Crippen molar-refractivity contribution >= 4 is 5.97 Å². The Bertz CT molecular complexity index is 478. The summed E-state index contributed by atoms with van der Waals surface area (Å²) in [6.45, 7) is 6.40. The predicted octanol–water partition coefficient (Wildman–Crippen LogP) is 3.42. The molecule has 0 amide bonds. The van der Waals surface area contributed by atoms with Gasteiger partial charge in [0.15, 0.2) is 0 Å². The molecule has 116 valence electrons. The highest BCUT2D eigenvalue weighted by molar-refractivity contribution is 5.75. The van der Waals surface area contributed by atoms with Crippen LogP contribution in [0.15, 0.2) is 24.3 Å². The van der Waals surface area contributed by atoms with Gasteiger partial charge in [-0.15, -0.1) is 0 Å². The molecule has 1 unspecified atom stereocenters. The molecule has 0 spiro atoms. The summed E-state index contributed by atoms with van der Waals surface area (Å²) in [5.74, 6) is 0.969. The zero-order valence-electron chi connectivity index (χ0n) is 13.6. The van der Waals surface area contributed by atoms with Crippen molar-refractivity contribution in [3.63, 3.8) is 0 Å². The van der Waals surface area contributed by atoms with Gasteiger partial charge >= 0.3 is 5.97 Å². The molecule has 3 heteroatoms. The first kappa shape index (κ1) is 16.0. The summed E-state index contributed by atoms with van der Waals surface area (Å²) in [6, 6.07) is 9.00. The van der Waals surface area contributed by atoms with Crippen LogP contribution in [0.2, 0.25) is 0 Å². The zero-order valence-corrected chi connectivity index (χ0v) is 13.6. The molecule has 0 aliphatic heterocycles. The lowest BCUT2D eigenvalue weighted by Crippen LogP contribution is -2.49. The van der Waals surface area contributed by atoms with Gasteiger partial charge in [0, 0.05) is 6.04 Å². The maximum atomic E-state index is 11.8. The van der Waals surface area contributed by atoms with Gasteiger partial charge in [0.05, 0.1) is 7.11 Å². The summed E-state index contributed by atoms with van der Waals surface area (Å²) in [5.41, 5.74) is 2.74. The number of hydrogen-bond donors (Lipinski definition) is 1. The summed E-state index contributed by atoms with van der Waals surface area (Å²) in [7, 11) is 1.47. The summed E-state index contributed by atoms with van der Waals surface area (Å²) in [4.78, 5) is 11.8. The highest BCUT2D eigenvalue weighted by Crippen LogP contribution is 2.37. The second kappa shape index (κ2) is 7.08. The van der Waals surface area contributed by atoms with Crippen molar-refractivity contribution in [2.75, 3.05) is 7.11 Å². The summed E-state index contributed by atoms with van der Waals surface area (Å²) in [6.07, 6.45) is 3.04. The second-order valence-corrected chi connectivity index (χ2v) is 6.65. The monoisotopic (exact) mass is 289 g/mol. The molecule has 0 heterocycles. The molecular formula is C18H27NO2. The Hall–Kier alpha value is -1.35. The molecule has 1 saturated carbocycles. The molecule has 0 saturated heterocycles. The van der Waals surface area contributed by atoms with Gasteiger partial charge in [0.2, 0.25) is 0 Å². The number of aryl methyl sites for hydroxylation is 1. The smallest absolute Gasteiger partial charge is 0.322 e. The molecule has 1 fully saturated rings. The minimum absolute atomic E-state index is 0.136. The van der Waals surface area contributed by atoms with Crippen molar-refractivity contribution in [2.45, 2.75) is 58.0 Å². The maximum absolute atomic E-state index is 11.8. The molecular weight excluding hydrogens is 262 g/mol. The minimum Gasteiger partial charge on any atom is -0.468 e. The first-order valence-electron chi connectivity index (χ1n) is 7.90. The van der Waals surface area contributed by atoms with Gasteiger partial charge in [-0.1, -0.05) is 43.7 Å². The van der Waals surface area contributed by atoms with E-state index in [0.717, 1.165) is 19.3 Å². The van der Waals surface area contributed by atoms with Gasteiger partial charge in [0.1, 0.15) is 6.04 Å². The molecule has 1 N–H and O–H groups in total. The van der Waals surface area contributed by atoms with Gasteiger partial charge in [-0.3, -0.25) is 4.79 Å². The minimum atomic E-state index is -0.168. The summed E-state index contributed by atoms with van der Waals surface area (Å²) in [5, 5.41) is 3.48. The van der Waals surface area contributed by atoms with Crippen LogP contribution in [0.1, 0.15) is 50.2 Å². The SMILES string of the molecule is COC(=O)C(CC(C)C)NC1CC(c2cccc(C)c2)C1. The van der Waals surface area contributed by atoms with Crippen molar-refractivity contribution in [3.05, 3.63) is 35.4 Å². The molecule has 1 atom stereocenters. The van der Waals surface area contributed by atoms with Crippen molar-refractivity contribution in [3.8, 4) is 0 Å². The lowest BCUT2D eigenvalue weighted by atomic mass is 9.75. The topological polar surface area (TPSA) is 38.3 Å². The van der Waals surface area contributed by atoms with Crippen molar-refractivity contribution in [1.82, 2.24) is 5.32 Å². The fourth-order valence-electron chi connectivity index (χ4n) is 3.08. The van der Waals surface area contributed by atoms with Crippen molar-refractivity contribution in [1.29, 1.82) is 0 Å². The molecule has 0 aromatic heterocycles. The average molecular weight is 289 g/mol. The highest BCUT2D eigenvalue weighted by Gasteiger charge is 2.33. The van der Waals surface area contributed by atoms with Crippen molar-refractivity contribution < 1.29 is 9.53 Å². The predicted molar refractivity (Wildman–Crippen MR) is 85.3 cm³/mol. The third-order valence-electron chi connectivity index (χ3n) is 4.28. The molecule has 0 bridgehead atoms. The molecule has 1 aromatic carbocycles. The lowest BCUT2D eigenvalue weighted by Gasteiger charge is -2.38. The summed E-state index contributed by atoms with van der Waals surface area (Å²) >= 11 is 0. The molecule has 1 aliphatic rings. The molecule has 2 rings (SSSR count). The normalized spacial score (nSPS) is 22.7. The van der Waals surface area contributed by atoms with E-state index in [1.165, 1.54) is 18.2 Å². The van der Waals surface area contributed by atoms with Crippen LogP contribution >= 0.6 is 0 Å². The first-order chi connectivity index (χ1) is 9.99. The maximum Gasteiger partial charge on any atom is 0.322 e. The van der Waals surface area contributed by atoms with Crippen molar-refractivity contribution in [2.24, 2.45) is 5.92 Å². The van der Waals surface area contributed by atoms with Gasteiger partial charge in [-0.25, -0.2) is 0 Å². The van der Waals surface area contributed by atoms with Gasteiger partial charge in [-0.2, -0.15) is 0 Å². The fourth-order valence-corrected chi connectivity index (χ4v) is 3.08. The molecule has 1 aromatic rings. The van der Waals surface area contributed by atoms with Crippen LogP contribution in [-0.4, -0.2) is 25.2 Å². The highest BCUT2D eigenvalue weighted by atomic mass is 16.5. The number of carbonyl (C=O) groups excluding carboxylic acids is 1. The number of hydrogen-bond acceptors (Lipinski definition) is 3. The Kier molecular flexibility index (Phi) is 5.40. The average Bonchev–Trinajstić information content (AvgIpc) is 2.39. The molecule has 1 aliphatic carbocycles. The molecule has 0 radical (unpaired) electrons. The van der Waals surface area contributed by atoms with E-state index in [4.69, 9.17) is 4.74 Å². The molecule has 3 nitrogen and oxygen atoms in total. The number of nitrogens with one attached hydrogen (secondary N) is 1. The number of esters is 1. The van der Waals surface area contributed by atoms with E-state index in [9.17, 15) is 4.79 Å². The third-order valence-corrected chi connectivity index (χ3v) is 4.28. The Morgan fingerprint density at radius 2 is 2.10 bits per heavy atom. The standard InChI is InChI=1S/C18H27NO2/c1-12(2)8-17(18(20)21-4)19-16-10-15(11-16)14-7-5-6-13(3)9-14/h5-7,9,12,15-17,19H,8,10-11H2,1-4H3. The van der Waals surface area contributed by atoms with E-state index in [0.29, 0.717) is 17.9 Å². The Balaban J connectivity index is 1.87.